The highest BCUT2D eigenvalue weighted by Crippen LogP contribution is 2.34. The summed E-state index contributed by atoms with van der Waals surface area (Å²) in [5, 5.41) is 2.55. The van der Waals surface area contributed by atoms with Crippen molar-refractivity contribution in [1.82, 2.24) is 4.98 Å². The monoisotopic (exact) mass is 494 g/mol. The normalized spacial score (nSPS) is 10.4. The highest BCUT2D eigenvalue weighted by atomic mass is 32.1. The Morgan fingerprint density at radius 1 is 0.824 bits per heavy atom. The van der Waals surface area contributed by atoms with Crippen LogP contribution in [0.1, 0.15) is 71.5 Å². The number of anilines is 1. The van der Waals surface area contributed by atoms with Crippen LogP contribution in [0.3, 0.4) is 0 Å². The highest BCUT2D eigenvalue weighted by Gasteiger charge is 2.28. The van der Waals surface area contributed by atoms with Crippen LogP contribution in [-0.2, 0) is 23.7 Å². The molecule has 0 saturated heterocycles. The summed E-state index contributed by atoms with van der Waals surface area (Å²) in [6.07, 6.45) is 0. The number of rotatable bonds is 9. The summed E-state index contributed by atoms with van der Waals surface area (Å²) < 4.78 is 19.8. The molecule has 0 atom stereocenters. The molecule has 0 fully saturated rings. The van der Waals surface area contributed by atoms with Crippen molar-refractivity contribution in [1.29, 1.82) is 0 Å². The van der Waals surface area contributed by atoms with Crippen LogP contribution >= 0.6 is 11.3 Å². The summed E-state index contributed by atoms with van der Waals surface area (Å²) in [6, 6.07) is 0. The largest absolute Gasteiger partial charge is 0.465 e. The number of methoxy groups -OCH3 is 1. The van der Waals surface area contributed by atoms with Crippen molar-refractivity contribution in [3.05, 3.63) is 38.5 Å². The first kappa shape index (κ1) is 26.6. The first-order valence-corrected chi connectivity index (χ1v) is 11.1. The van der Waals surface area contributed by atoms with Crippen LogP contribution in [-0.4, -0.2) is 61.7 Å². The zero-order chi connectivity index (χ0) is 25.6. The molecule has 0 saturated carbocycles. The molecule has 0 aliphatic heterocycles. The number of aromatic nitrogens is 1. The maximum absolute atomic E-state index is 12.5. The van der Waals surface area contributed by atoms with Crippen LogP contribution in [0.4, 0.5) is 5.00 Å². The molecule has 2 aromatic heterocycles. The highest BCUT2D eigenvalue weighted by molar-refractivity contribution is 7.18. The fraction of sp³-hybridized carbons (Fsp3) is 0.409. The zero-order valence-electron chi connectivity index (χ0n) is 19.7. The van der Waals surface area contributed by atoms with E-state index in [9.17, 15) is 24.0 Å². The average molecular weight is 495 g/mol. The summed E-state index contributed by atoms with van der Waals surface area (Å²) in [7, 11) is 1.22. The van der Waals surface area contributed by atoms with Gasteiger partial charge >= 0.3 is 23.9 Å². The second-order valence-corrected chi connectivity index (χ2v) is 7.96. The third kappa shape index (κ3) is 5.63. The van der Waals surface area contributed by atoms with Gasteiger partial charge in [0.1, 0.15) is 15.6 Å². The van der Waals surface area contributed by atoms with Crippen molar-refractivity contribution >= 4 is 46.1 Å². The van der Waals surface area contributed by atoms with Crippen LogP contribution < -0.4 is 5.32 Å². The lowest BCUT2D eigenvalue weighted by molar-refractivity contribution is -0.119. The number of thiophene rings is 1. The van der Waals surface area contributed by atoms with E-state index in [4.69, 9.17) is 18.9 Å². The van der Waals surface area contributed by atoms with E-state index < -0.39 is 36.4 Å². The first-order valence-electron chi connectivity index (χ1n) is 10.3. The van der Waals surface area contributed by atoms with Gasteiger partial charge in [-0.3, -0.25) is 4.79 Å². The summed E-state index contributed by atoms with van der Waals surface area (Å²) in [6.45, 7) is 7.50. The van der Waals surface area contributed by atoms with E-state index in [1.165, 1.54) is 7.11 Å². The predicted molar refractivity (Wildman–Crippen MR) is 121 cm³/mol. The Morgan fingerprint density at radius 2 is 1.44 bits per heavy atom. The van der Waals surface area contributed by atoms with Crippen molar-refractivity contribution in [2.45, 2.75) is 34.6 Å². The molecule has 12 heteroatoms. The summed E-state index contributed by atoms with van der Waals surface area (Å²) in [5.74, 6) is -3.57. The molecule has 0 radical (unpaired) electrons. The molecule has 0 bridgehead atoms. The van der Waals surface area contributed by atoms with Crippen molar-refractivity contribution in [3.8, 4) is 0 Å². The second kappa shape index (κ2) is 11.5. The van der Waals surface area contributed by atoms with Gasteiger partial charge in [-0.1, -0.05) is 0 Å². The third-order valence-electron chi connectivity index (χ3n) is 4.71. The number of amides is 1. The van der Waals surface area contributed by atoms with Crippen molar-refractivity contribution < 1.29 is 42.9 Å². The van der Waals surface area contributed by atoms with Gasteiger partial charge in [0.2, 0.25) is 0 Å². The fourth-order valence-electron chi connectivity index (χ4n) is 3.17. The first-order chi connectivity index (χ1) is 16.1. The summed E-state index contributed by atoms with van der Waals surface area (Å²) in [4.78, 5) is 64.4. The standard InChI is InChI=1S/C22H26N2O9S/c1-7-31-20(27)15-11(4)17(22(29)32-8-2)34-18(15)24-13(25)9-33-21(28)16-10(3)14(12(5)23-16)19(26)30-6/h23H,7-9H2,1-6H3,(H,24,25). The van der Waals surface area contributed by atoms with Gasteiger partial charge in [-0.2, -0.15) is 0 Å². The Bertz CT molecular complexity index is 1130. The van der Waals surface area contributed by atoms with E-state index in [1.54, 1.807) is 34.6 Å². The molecule has 0 spiro atoms. The maximum atomic E-state index is 12.5. The van der Waals surface area contributed by atoms with Gasteiger partial charge < -0.3 is 29.2 Å². The number of aryl methyl sites for hydroxylation is 1. The van der Waals surface area contributed by atoms with E-state index in [0.717, 1.165) is 11.3 Å². The van der Waals surface area contributed by atoms with E-state index in [2.05, 4.69) is 10.3 Å². The van der Waals surface area contributed by atoms with Gasteiger partial charge in [-0.05, 0) is 45.7 Å². The number of esters is 4. The van der Waals surface area contributed by atoms with E-state index >= 15 is 0 Å². The van der Waals surface area contributed by atoms with Gasteiger partial charge in [0, 0.05) is 5.69 Å². The molecule has 2 N–H and O–H groups in total. The summed E-state index contributed by atoms with van der Waals surface area (Å²) >= 11 is 0.855. The van der Waals surface area contributed by atoms with Crippen molar-refractivity contribution in [2.24, 2.45) is 0 Å². The Kier molecular flexibility index (Phi) is 8.96. The molecule has 0 aromatic carbocycles. The zero-order valence-corrected chi connectivity index (χ0v) is 20.5. The second-order valence-electron chi connectivity index (χ2n) is 6.94. The topological polar surface area (TPSA) is 150 Å². The Balaban J connectivity index is 2.19. The van der Waals surface area contributed by atoms with Gasteiger partial charge in [0.05, 0.1) is 31.5 Å². The molecule has 0 unspecified atom stereocenters. The molecule has 2 aromatic rings. The predicted octanol–water partition coefficient (Wildman–Crippen LogP) is 2.94. The molecule has 1 amide bonds. The number of hydrogen-bond donors (Lipinski definition) is 2. The fourth-order valence-corrected chi connectivity index (χ4v) is 4.28. The minimum atomic E-state index is -0.855. The number of aromatic amines is 1. The lowest BCUT2D eigenvalue weighted by Crippen LogP contribution is -2.22. The van der Waals surface area contributed by atoms with Gasteiger partial charge in [-0.15, -0.1) is 11.3 Å². The molecule has 0 aliphatic rings. The number of carbonyl (C=O) groups excluding carboxylic acids is 5. The lowest BCUT2D eigenvalue weighted by atomic mass is 10.1. The molecular formula is C22H26N2O9S. The molecule has 184 valence electrons. The molecule has 2 rings (SSSR count). The smallest absolute Gasteiger partial charge is 0.355 e. The molecule has 11 nitrogen and oxygen atoms in total. The van der Waals surface area contributed by atoms with Crippen LogP contribution in [0.25, 0.3) is 0 Å². The van der Waals surface area contributed by atoms with Crippen molar-refractivity contribution in [2.75, 3.05) is 32.2 Å². The van der Waals surface area contributed by atoms with Gasteiger partial charge in [0.25, 0.3) is 5.91 Å². The quantitative estimate of drug-likeness (QED) is 0.396. The van der Waals surface area contributed by atoms with E-state index in [0.29, 0.717) is 16.8 Å². The third-order valence-corrected chi connectivity index (χ3v) is 5.89. The molecule has 2 heterocycles. The lowest BCUT2D eigenvalue weighted by Gasteiger charge is -2.08. The van der Waals surface area contributed by atoms with Crippen LogP contribution in [0.2, 0.25) is 0 Å². The maximum Gasteiger partial charge on any atom is 0.355 e. The number of H-pyrrole nitrogens is 1. The van der Waals surface area contributed by atoms with Crippen LogP contribution in [0, 0.1) is 20.8 Å². The minimum Gasteiger partial charge on any atom is -0.465 e. The number of nitrogens with one attached hydrogen (secondary N) is 2. The number of hydrogen-bond acceptors (Lipinski definition) is 10. The Hall–Kier alpha value is -3.67. The van der Waals surface area contributed by atoms with Crippen LogP contribution in [0.5, 0.6) is 0 Å². The van der Waals surface area contributed by atoms with Crippen molar-refractivity contribution in [3.63, 3.8) is 0 Å². The van der Waals surface area contributed by atoms with Gasteiger partial charge in [-0.25, -0.2) is 19.2 Å². The van der Waals surface area contributed by atoms with Crippen LogP contribution in [0.15, 0.2) is 0 Å². The number of ether oxygens (including phenoxy) is 4. The number of carbonyl (C=O) groups is 5. The molecule has 34 heavy (non-hydrogen) atoms. The Morgan fingerprint density at radius 3 is 2.03 bits per heavy atom. The molecule has 0 aliphatic carbocycles. The van der Waals surface area contributed by atoms with Gasteiger partial charge in [0.15, 0.2) is 6.61 Å². The van der Waals surface area contributed by atoms with E-state index in [1.807, 2.05) is 0 Å². The minimum absolute atomic E-state index is 0.00878. The summed E-state index contributed by atoms with van der Waals surface area (Å²) in [5.41, 5.74) is 1.29. The Labute approximate surface area is 199 Å². The SMILES string of the molecule is CCOC(=O)c1sc(NC(=O)COC(=O)c2[nH]c(C)c(C(=O)OC)c2C)c(C(=O)OCC)c1C. The average Bonchev–Trinajstić information content (AvgIpc) is 3.27. The van der Waals surface area contributed by atoms with E-state index in [-0.39, 0.29) is 39.9 Å². The molecular weight excluding hydrogens is 468 g/mol.